The van der Waals surface area contributed by atoms with Crippen molar-refractivity contribution in [1.29, 1.82) is 0 Å². The Bertz CT molecular complexity index is 1870. The number of hydrogen-bond acceptors (Lipinski definition) is 9. The number of amides is 1. The van der Waals surface area contributed by atoms with Gasteiger partial charge >= 0.3 is 5.97 Å². The molecule has 10 nitrogen and oxygen atoms in total. The van der Waals surface area contributed by atoms with E-state index in [9.17, 15) is 9.59 Å². The van der Waals surface area contributed by atoms with Gasteiger partial charge in [0.25, 0.3) is 5.91 Å². The van der Waals surface area contributed by atoms with E-state index >= 15 is 0 Å². The van der Waals surface area contributed by atoms with E-state index < -0.39 is 5.97 Å². The second-order valence-electron chi connectivity index (χ2n) is 10.9. The number of nitrogens with zero attached hydrogens (tertiary/aromatic N) is 5. The molecule has 6 rings (SSSR count). The van der Waals surface area contributed by atoms with Crippen molar-refractivity contribution in [2.75, 3.05) is 27.4 Å². The molecule has 1 aliphatic heterocycles. The number of hydrogen-bond donors (Lipinski definition) is 0. The summed E-state index contributed by atoms with van der Waals surface area (Å²) < 4.78 is 18.6. The van der Waals surface area contributed by atoms with Crippen LogP contribution in [0.1, 0.15) is 56.6 Å². The first-order valence-corrected chi connectivity index (χ1v) is 16.3. The van der Waals surface area contributed by atoms with Crippen LogP contribution in [-0.2, 0) is 30.7 Å². The maximum atomic E-state index is 13.8. The molecule has 1 amide bonds. The fourth-order valence-electron chi connectivity index (χ4n) is 5.92. The minimum absolute atomic E-state index is 0.0480. The second-order valence-corrected chi connectivity index (χ2v) is 12.4. The van der Waals surface area contributed by atoms with E-state index in [1.54, 1.807) is 67.8 Å². The van der Waals surface area contributed by atoms with Crippen LogP contribution in [0.25, 0.3) is 21.3 Å². The summed E-state index contributed by atoms with van der Waals surface area (Å²) in [6, 6.07) is 12.6. The van der Waals surface area contributed by atoms with Gasteiger partial charge in [0.2, 0.25) is 0 Å². The molecule has 2 aromatic carbocycles. The summed E-state index contributed by atoms with van der Waals surface area (Å²) in [6.45, 7) is 3.73. The number of pyridine rings is 1. The number of aryl methyl sites for hydroxylation is 2. The SMILES string of the molecule is CCOC(=O)c1c(CCCCn2cncn2)nc2sc3c(c2c1-c1ccc(OC)c(OC)c1)CCN(C(=O)c1ccc(Cl)cc1)C3. The fraction of sp³-hybridized carbons (Fsp3) is 0.324. The van der Waals surface area contributed by atoms with Crippen LogP contribution >= 0.6 is 22.9 Å². The Hall–Kier alpha value is -4.48. The summed E-state index contributed by atoms with van der Waals surface area (Å²) in [5, 5.41) is 5.70. The van der Waals surface area contributed by atoms with Gasteiger partial charge in [-0.15, -0.1) is 11.3 Å². The predicted molar refractivity (Wildman–Crippen MR) is 177 cm³/mol. The highest BCUT2D eigenvalue weighted by molar-refractivity contribution is 7.19. The molecule has 0 atom stereocenters. The highest BCUT2D eigenvalue weighted by Crippen LogP contribution is 2.45. The van der Waals surface area contributed by atoms with Crippen molar-refractivity contribution in [2.45, 2.75) is 45.7 Å². The van der Waals surface area contributed by atoms with Crippen molar-refractivity contribution in [2.24, 2.45) is 0 Å². The lowest BCUT2D eigenvalue weighted by atomic mass is 9.90. The van der Waals surface area contributed by atoms with Crippen molar-refractivity contribution in [3.05, 3.63) is 87.4 Å². The second kappa shape index (κ2) is 13.9. The lowest BCUT2D eigenvalue weighted by molar-refractivity contribution is 0.0525. The standard InChI is InChI=1S/C34H34ClN5O5S/c1-4-45-34(42)31-25(7-5-6-15-40-20-36-19-37-40)38-32-30(29(31)22-10-13-26(43-2)27(17-22)44-3)24-14-16-39(18-28(24)46-32)33(41)21-8-11-23(35)12-9-21/h8-13,17,19-20H,4-7,14-16,18H2,1-3H3. The third kappa shape index (κ3) is 6.29. The average molecular weight is 660 g/mol. The predicted octanol–water partition coefficient (Wildman–Crippen LogP) is 6.62. The van der Waals surface area contributed by atoms with Gasteiger partial charge < -0.3 is 19.1 Å². The highest BCUT2D eigenvalue weighted by atomic mass is 35.5. The van der Waals surface area contributed by atoms with Gasteiger partial charge in [0.1, 0.15) is 17.5 Å². The van der Waals surface area contributed by atoms with Crippen LogP contribution in [0.3, 0.4) is 0 Å². The summed E-state index contributed by atoms with van der Waals surface area (Å²) in [4.78, 5) is 40.1. The monoisotopic (exact) mass is 659 g/mol. The number of unbranched alkanes of at least 4 members (excludes halogenated alkanes) is 1. The molecule has 46 heavy (non-hydrogen) atoms. The summed E-state index contributed by atoms with van der Waals surface area (Å²) in [6.07, 6.45) is 6.02. The maximum absolute atomic E-state index is 13.8. The van der Waals surface area contributed by atoms with E-state index in [4.69, 9.17) is 30.8 Å². The molecule has 0 spiro atoms. The van der Waals surface area contributed by atoms with Crippen LogP contribution in [0.15, 0.2) is 55.1 Å². The zero-order valence-corrected chi connectivity index (χ0v) is 27.5. The van der Waals surface area contributed by atoms with Crippen LogP contribution < -0.4 is 9.47 Å². The lowest BCUT2D eigenvalue weighted by Crippen LogP contribution is -2.35. The zero-order chi connectivity index (χ0) is 32.2. The van der Waals surface area contributed by atoms with Gasteiger partial charge in [-0.2, -0.15) is 5.10 Å². The number of carbonyl (C=O) groups excluding carboxylic acids is 2. The van der Waals surface area contributed by atoms with Crippen molar-refractivity contribution < 1.29 is 23.8 Å². The third-order valence-electron chi connectivity index (χ3n) is 8.11. The number of halogens is 1. The highest BCUT2D eigenvalue weighted by Gasteiger charge is 2.31. The number of aromatic nitrogens is 4. The van der Waals surface area contributed by atoms with Crippen LogP contribution in [-0.4, -0.2) is 63.9 Å². The lowest BCUT2D eigenvalue weighted by Gasteiger charge is -2.27. The van der Waals surface area contributed by atoms with E-state index in [0.717, 1.165) is 44.6 Å². The molecule has 0 bridgehead atoms. The molecule has 0 fully saturated rings. The van der Waals surface area contributed by atoms with Gasteiger partial charge in [-0.1, -0.05) is 17.7 Å². The summed E-state index contributed by atoms with van der Waals surface area (Å²) in [7, 11) is 3.19. The Morgan fingerprint density at radius 1 is 1.04 bits per heavy atom. The van der Waals surface area contributed by atoms with Crippen molar-refractivity contribution in [1.82, 2.24) is 24.6 Å². The Morgan fingerprint density at radius 2 is 1.85 bits per heavy atom. The summed E-state index contributed by atoms with van der Waals surface area (Å²) in [5.41, 5.74) is 4.41. The molecule has 0 unspecified atom stereocenters. The first-order chi connectivity index (χ1) is 22.4. The Balaban J connectivity index is 1.46. The number of benzene rings is 2. The fourth-order valence-corrected chi connectivity index (χ4v) is 7.31. The van der Waals surface area contributed by atoms with E-state index in [0.29, 0.717) is 65.8 Å². The first-order valence-electron chi connectivity index (χ1n) is 15.2. The molecule has 0 aliphatic carbocycles. The zero-order valence-electron chi connectivity index (χ0n) is 25.9. The van der Waals surface area contributed by atoms with Crippen molar-refractivity contribution in [3.8, 4) is 22.6 Å². The van der Waals surface area contributed by atoms with Crippen LogP contribution in [0.5, 0.6) is 11.5 Å². The largest absolute Gasteiger partial charge is 0.493 e. The molecule has 0 saturated heterocycles. The molecule has 1 aliphatic rings. The Kier molecular flexibility index (Phi) is 9.51. The molecule has 0 saturated carbocycles. The number of ether oxygens (including phenoxy) is 3. The number of rotatable bonds is 11. The smallest absolute Gasteiger partial charge is 0.340 e. The minimum atomic E-state index is -0.414. The third-order valence-corrected chi connectivity index (χ3v) is 9.47. The molecule has 238 valence electrons. The Morgan fingerprint density at radius 3 is 2.57 bits per heavy atom. The number of esters is 1. The van der Waals surface area contributed by atoms with Gasteiger partial charge in [0.15, 0.2) is 11.5 Å². The first kappa shape index (κ1) is 31.5. The molecule has 12 heteroatoms. The molecule has 0 radical (unpaired) electrons. The molecule has 5 aromatic rings. The quantitative estimate of drug-likeness (QED) is 0.115. The van der Waals surface area contributed by atoms with Crippen LogP contribution in [0.4, 0.5) is 0 Å². The van der Waals surface area contributed by atoms with Crippen molar-refractivity contribution in [3.63, 3.8) is 0 Å². The molecule has 4 heterocycles. The molecule has 0 N–H and O–H groups in total. The van der Waals surface area contributed by atoms with E-state index in [1.807, 2.05) is 23.1 Å². The van der Waals surface area contributed by atoms with E-state index in [2.05, 4.69) is 10.1 Å². The molecular weight excluding hydrogens is 626 g/mol. The normalized spacial score (nSPS) is 12.7. The van der Waals surface area contributed by atoms with Crippen molar-refractivity contribution >= 4 is 45.0 Å². The van der Waals surface area contributed by atoms with Gasteiger partial charge in [-0.3, -0.25) is 9.48 Å². The summed E-state index contributed by atoms with van der Waals surface area (Å²) in [5.74, 6) is 0.681. The van der Waals surface area contributed by atoms with Crippen LogP contribution in [0.2, 0.25) is 5.02 Å². The topological polar surface area (TPSA) is 109 Å². The maximum Gasteiger partial charge on any atom is 0.340 e. The van der Waals surface area contributed by atoms with Gasteiger partial charge in [-0.05, 0) is 80.1 Å². The summed E-state index contributed by atoms with van der Waals surface area (Å²) >= 11 is 7.64. The van der Waals surface area contributed by atoms with Gasteiger partial charge in [0, 0.05) is 39.5 Å². The van der Waals surface area contributed by atoms with Crippen LogP contribution in [0, 0.1) is 0 Å². The number of fused-ring (bicyclic) bond motifs is 3. The number of methoxy groups -OCH3 is 2. The van der Waals surface area contributed by atoms with E-state index in [1.165, 1.54) is 6.33 Å². The van der Waals surface area contributed by atoms with Gasteiger partial charge in [-0.25, -0.2) is 14.8 Å². The number of carbonyl (C=O) groups is 2. The molecule has 3 aromatic heterocycles. The minimum Gasteiger partial charge on any atom is -0.493 e. The molecular formula is C34H34ClN5O5S. The Labute approximate surface area is 275 Å². The van der Waals surface area contributed by atoms with E-state index in [-0.39, 0.29) is 12.5 Å². The average Bonchev–Trinajstić information content (AvgIpc) is 3.73. The van der Waals surface area contributed by atoms with Gasteiger partial charge in [0.05, 0.1) is 38.6 Å². The number of thiophene rings is 1.